The molecule has 1 aromatic rings. The Hall–Kier alpha value is -2.00. The molecule has 1 rings (SSSR count). The summed E-state index contributed by atoms with van der Waals surface area (Å²) in [6.07, 6.45) is 0. The molecule has 0 heterocycles. The maximum absolute atomic E-state index is 11.8. The molecule has 0 N–H and O–H groups in total. The number of carbonyl (C=O) groups excluding carboxylic acids is 1. The van der Waals surface area contributed by atoms with Gasteiger partial charge in [0.1, 0.15) is 0 Å². The highest BCUT2D eigenvalue weighted by Crippen LogP contribution is 2.16. The molecule has 19 heavy (non-hydrogen) atoms. The maximum Gasteiger partial charge on any atom is 0.269 e. The molecule has 0 amide bonds. The van der Waals surface area contributed by atoms with Crippen LogP contribution < -0.4 is 5.11 Å². The molecule has 0 aliphatic rings. The highest BCUT2D eigenvalue weighted by molar-refractivity contribution is 7.88. The third kappa shape index (κ3) is 4.30. The molecule has 0 atom stereocenters. The molecule has 0 aromatic heterocycles. The summed E-state index contributed by atoms with van der Waals surface area (Å²) >= 11 is 0. The zero-order chi connectivity index (χ0) is 14.6. The van der Waals surface area contributed by atoms with E-state index in [9.17, 15) is 28.4 Å². The fraction of sp³-hybridized carbons (Fsp3) is 0.300. The highest BCUT2D eigenvalue weighted by atomic mass is 32.2. The molecule has 0 aliphatic heterocycles. The number of aliphatic carboxylic acids is 1. The summed E-state index contributed by atoms with van der Waals surface area (Å²) in [7, 11) is -2.76. The van der Waals surface area contributed by atoms with Crippen molar-refractivity contribution in [2.24, 2.45) is 0 Å². The number of hydrogen-bond acceptors (Lipinski definition) is 6. The van der Waals surface area contributed by atoms with E-state index in [1.165, 1.54) is 18.2 Å². The molecular formula is C10H11N2O6S-. The van der Waals surface area contributed by atoms with Gasteiger partial charge in [-0.25, -0.2) is 8.42 Å². The first-order valence-electron chi connectivity index (χ1n) is 5.09. The van der Waals surface area contributed by atoms with Gasteiger partial charge < -0.3 is 9.90 Å². The van der Waals surface area contributed by atoms with Gasteiger partial charge in [0.05, 0.1) is 23.2 Å². The van der Waals surface area contributed by atoms with Gasteiger partial charge in [0.15, 0.2) is 0 Å². The number of benzene rings is 1. The molecule has 0 radical (unpaired) electrons. The number of hydrogen-bond donors (Lipinski definition) is 0. The summed E-state index contributed by atoms with van der Waals surface area (Å²) in [5.41, 5.74) is -0.0188. The summed E-state index contributed by atoms with van der Waals surface area (Å²) in [6, 6.07) is 5.14. The van der Waals surface area contributed by atoms with Crippen LogP contribution in [0.15, 0.2) is 24.3 Å². The van der Waals surface area contributed by atoms with E-state index in [1.807, 2.05) is 0 Å². The molecule has 0 fully saturated rings. The van der Waals surface area contributed by atoms with Crippen molar-refractivity contribution in [1.82, 2.24) is 4.31 Å². The zero-order valence-electron chi connectivity index (χ0n) is 9.98. The van der Waals surface area contributed by atoms with Crippen LogP contribution in [-0.4, -0.2) is 37.2 Å². The average Bonchev–Trinajstić information content (AvgIpc) is 2.27. The Kier molecular flexibility index (Phi) is 4.57. The van der Waals surface area contributed by atoms with Gasteiger partial charge in [-0.1, -0.05) is 12.1 Å². The zero-order valence-corrected chi connectivity index (χ0v) is 10.8. The Balaban J connectivity index is 2.92. The Morgan fingerprint density at radius 1 is 1.42 bits per heavy atom. The number of rotatable bonds is 6. The first-order valence-corrected chi connectivity index (χ1v) is 6.70. The van der Waals surface area contributed by atoms with Crippen molar-refractivity contribution < 1.29 is 23.2 Å². The van der Waals surface area contributed by atoms with Gasteiger partial charge in [-0.15, -0.1) is 0 Å². The molecule has 0 saturated carbocycles. The van der Waals surface area contributed by atoms with Gasteiger partial charge in [0.25, 0.3) is 5.69 Å². The lowest BCUT2D eigenvalue weighted by atomic mass is 10.2. The summed E-state index contributed by atoms with van der Waals surface area (Å²) in [5, 5.41) is 20.9. The molecule has 0 aliphatic carbocycles. The Labute approximate surface area is 109 Å². The molecule has 0 spiro atoms. The normalized spacial score (nSPS) is 11.5. The number of non-ortho nitro benzene ring substituents is 1. The lowest BCUT2D eigenvalue weighted by Crippen LogP contribution is -2.39. The summed E-state index contributed by atoms with van der Waals surface area (Å²) in [4.78, 5) is 20.3. The second-order valence-electron chi connectivity index (χ2n) is 3.81. The second kappa shape index (κ2) is 5.76. The van der Waals surface area contributed by atoms with Crippen LogP contribution in [0.5, 0.6) is 0 Å². The van der Waals surface area contributed by atoms with Crippen molar-refractivity contribution >= 4 is 21.7 Å². The van der Waals surface area contributed by atoms with Crippen LogP contribution in [0.2, 0.25) is 0 Å². The highest BCUT2D eigenvalue weighted by Gasteiger charge is 2.19. The van der Waals surface area contributed by atoms with E-state index in [1.54, 1.807) is 0 Å². The van der Waals surface area contributed by atoms with Gasteiger partial charge in [-0.2, -0.15) is 4.31 Å². The lowest BCUT2D eigenvalue weighted by molar-refractivity contribution is -0.384. The second-order valence-corrected chi connectivity index (χ2v) is 5.89. The molecule has 1 aromatic carbocycles. The van der Waals surface area contributed by atoms with Crippen LogP contribution in [0.1, 0.15) is 5.56 Å². The van der Waals surface area contributed by atoms with E-state index < -0.39 is 33.2 Å². The van der Waals surface area contributed by atoms with Crippen molar-refractivity contribution in [2.75, 3.05) is 13.6 Å². The van der Waals surface area contributed by atoms with E-state index >= 15 is 0 Å². The first kappa shape index (κ1) is 15.1. The van der Waals surface area contributed by atoms with Crippen LogP contribution >= 0.6 is 0 Å². The van der Waals surface area contributed by atoms with Crippen molar-refractivity contribution in [2.45, 2.75) is 5.75 Å². The average molecular weight is 287 g/mol. The summed E-state index contributed by atoms with van der Waals surface area (Å²) in [5.74, 6) is -2.04. The third-order valence-electron chi connectivity index (χ3n) is 2.30. The fourth-order valence-electron chi connectivity index (χ4n) is 1.36. The number of sulfonamides is 1. The topological polar surface area (TPSA) is 121 Å². The lowest BCUT2D eigenvalue weighted by Gasteiger charge is -2.17. The van der Waals surface area contributed by atoms with Crippen molar-refractivity contribution in [3.8, 4) is 0 Å². The predicted octanol–water partition coefficient (Wildman–Crippen LogP) is -0.894. The predicted molar refractivity (Wildman–Crippen MR) is 63.4 cm³/mol. The summed E-state index contributed by atoms with van der Waals surface area (Å²) in [6.45, 7) is -0.767. The standard InChI is InChI=1S/C10H12N2O6S/c1-11(6-10(13)14)19(17,18)7-8-3-2-4-9(5-8)12(15)16/h2-5H,6-7H2,1H3,(H,13,14)/p-1. The molecule has 9 heteroatoms. The van der Waals surface area contributed by atoms with Crippen molar-refractivity contribution in [1.29, 1.82) is 0 Å². The van der Waals surface area contributed by atoms with Crippen molar-refractivity contribution in [3.63, 3.8) is 0 Å². The number of carboxylic acid groups (broad SMARTS) is 1. The number of nitro benzene ring substituents is 1. The minimum absolute atomic E-state index is 0.208. The van der Waals surface area contributed by atoms with Gasteiger partial charge in [0, 0.05) is 19.2 Å². The number of nitro groups is 1. The smallest absolute Gasteiger partial charge is 0.269 e. The number of carbonyl (C=O) groups is 1. The molecule has 8 nitrogen and oxygen atoms in total. The van der Waals surface area contributed by atoms with Crippen LogP contribution in [0, 0.1) is 10.1 Å². The SMILES string of the molecule is CN(CC(=O)[O-])S(=O)(=O)Cc1cccc([N+](=O)[O-])c1. The monoisotopic (exact) mass is 287 g/mol. The van der Waals surface area contributed by atoms with E-state index in [0.29, 0.717) is 4.31 Å². The fourth-order valence-corrected chi connectivity index (χ4v) is 2.48. The number of nitrogens with zero attached hydrogens (tertiary/aromatic N) is 2. The quantitative estimate of drug-likeness (QED) is 0.494. The maximum atomic E-state index is 11.8. The van der Waals surface area contributed by atoms with Gasteiger partial charge in [0.2, 0.25) is 10.0 Å². The van der Waals surface area contributed by atoms with Gasteiger partial charge in [-0.05, 0) is 5.56 Å². The van der Waals surface area contributed by atoms with Gasteiger partial charge in [-0.3, -0.25) is 10.1 Å². The first-order chi connectivity index (χ1) is 8.72. The molecule has 104 valence electrons. The van der Waals surface area contributed by atoms with E-state index in [-0.39, 0.29) is 11.3 Å². The Morgan fingerprint density at radius 2 is 2.05 bits per heavy atom. The minimum Gasteiger partial charge on any atom is -0.549 e. The van der Waals surface area contributed by atoms with Crippen LogP contribution in [0.4, 0.5) is 5.69 Å². The molecule has 0 unspecified atom stereocenters. The van der Waals surface area contributed by atoms with Crippen LogP contribution in [0.3, 0.4) is 0 Å². The third-order valence-corrected chi connectivity index (χ3v) is 4.07. The minimum atomic E-state index is -3.86. The van der Waals surface area contributed by atoms with Crippen molar-refractivity contribution in [3.05, 3.63) is 39.9 Å². The van der Waals surface area contributed by atoms with E-state index in [2.05, 4.69) is 0 Å². The molecule has 0 bridgehead atoms. The molecule has 0 saturated heterocycles. The van der Waals surface area contributed by atoms with Crippen LogP contribution in [0.25, 0.3) is 0 Å². The Morgan fingerprint density at radius 3 is 2.58 bits per heavy atom. The van der Waals surface area contributed by atoms with Gasteiger partial charge >= 0.3 is 0 Å². The van der Waals surface area contributed by atoms with E-state index in [4.69, 9.17) is 0 Å². The molecular weight excluding hydrogens is 276 g/mol. The number of likely N-dealkylation sites (N-methyl/N-ethyl adjacent to an activating group) is 1. The van der Waals surface area contributed by atoms with Crippen LogP contribution in [-0.2, 0) is 20.6 Å². The van der Waals surface area contributed by atoms with E-state index in [0.717, 1.165) is 13.1 Å². The number of carboxylic acids is 1. The Bertz CT molecular complexity index is 598. The summed E-state index contributed by atoms with van der Waals surface area (Å²) < 4.78 is 24.2. The largest absolute Gasteiger partial charge is 0.549 e.